The van der Waals surface area contributed by atoms with Crippen molar-refractivity contribution >= 4 is 5.91 Å². The number of amides is 1. The Morgan fingerprint density at radius 2 is 1.81 bits per heavy atom. The van der Waals surface area contributed by atoms with Crippen LogP contribution in [0.4, 0.5) is 0 Å². The monoisotopic (exact) mass is 444 g/mol. The van der Waals surface area contributed by atoms with Gasteiger partial charge in [-0.15, -0.1) is 0 Å². The molecule has 1 aromatic carbocycles. The van der Waals surface area contributed by atoms with Crippen molar-refractivity contribution in [2.75, 3.05) is 46.1 Å². The summed E-state index contributed by atoms with van der Waals surface area (Å²) in [6.07, 6.45) is 6.23. The van der Waals surface area contributed by atoms with Gasteiger partial charge in [-0.05, 0) is 62.6 Å². The fourth-order valence-electron chi connectivity index (χ4n) is 5.71. The van der Waals surface area contributed by atoms with E-state index in [1.54, 1.807) is 0 Å². The highest BCUT2D eigenvalue weighted by molar-refractivity contribution is 5.81. The highest BCUT2D eigenvalue weighted by atomic mass is 16.6. The Bertz CT molecular complexity index is 760. The first kappa shape index (κ1) is 22.1. The number of hydrogen-bond donors (Lipinski definition) is 1. The molecule has 32 heavy (non-hydrogen) atoms. The molecule has 1 aliphatic carbocycles. The van der Waals surface area contributed by atoms with Crippen molar-refractivity contribution in [1.29, 1.82) is 0 Å². The Labute approximate surface area is 190 Å². The lowest BCUT2D eigenvalue weighted by Gasteiger charge is -2.42. The quantitative estimate of drug-likeness (QED) is 0.756. The molecule has 7 nitrogen and oxygen atoms in total. The summed E-state index contributed by atoms with van der Waals surface area (Å²) in [7, 11) is 0. The Morgan fingerprint density at radius 1 is 0.938 bits per heavy atom. The lowest BCUT2D eigenvalue weighted by molar-refractivity contribution is -0.149. The fraction of sp³-hybridized carbons (Fsp3) is 0.720. The van der Waals surface area contributed by atoms with Crippen molar-refractivity contribution in [3.8, 4) is 5.75 Å². The zero-order chi connectivity index (χ0) is 21.8. The van der Waals surface area contributed by atoms with Crippen LogP contribution >= 0.6 is 0 Å². The van der Waals surface area contributed by atoms with Crippen LogP contribution in [0, 0.1) is 0 Å². The molecule has 7 heteroatoms. The van der Waals surface area contributed by atoms with E-state index in [4.69, 9.17) is 18.9 Å². The van der Waals surface area contributed by atoms with Gasteiger partial charge in [0.25, 0.3) is 5.91 Å². The number of carbonyl (C=O) groups is 1. The van der Waals surface area contributed by atoms with Gasteiger partial charge in [-0.3, -0.25) is 9.69 Å². The van der Waals surface area contributed by atoms with Crippen molar-refractivity contribution in [1.82, 2.24) is 10.2 Å². The summed E-state index contributed by atoms with van der Waals surface area (Å²) in [6.45, 7) is 4.49. The number of piperidine rings is 1. The van der Waals surface area contributed by atoms with Crippen LogP contribution < -0.4 is 10.1 Å². The molecule has 1 saturated carbocycles. The van der Waals surface area contributed by atoms with Crippen LogP contribution in [-0.2, 0) is 19.0 Å². The average molecular weight is 445 g/mol. The first-order valence-electron chi connectivity index (χ1n) is 12.3. The van der Waals surface area contributed by atoms with Crippen molar-refractivity contribution in [3.63, 3.8) is 0 Å². The van der Waals surface area contributed by atoms with Gasteiger partial charge in [0.2, 0.25) is 0 Å². The van der Waals surface area contributed by atoms with E-state index >= 15 is 0 Å². The molecule has 3 fully saturated rings. The van der Waals surface area contributed by atoms with Crippen molar-refractivity contribution in [2.45, 2.75) is 68.7 Å². The SMILES string of the molecule is O=C(N[C@H]1CCCN2CCOc3ccccc3C3CCC(CC3)OC[C@@H]12)[C@@H]1COCCO1. The molecule has 1 N–H and O–H groups in total. The Balaban J connectivity index is 1.30. The van der Waals surface area contributed by atoms with Gasteiger partial charge in [0.15, 0.2) is 6.10 Å². The minimum atomic E-state index is -0.509. The van der Waals surface area contributed by atoms with Crippen LogP contribution in [0.1, 0.15) is 50.0 Å². The van der Waals surface area contributed by atoms with E-state index < -0.39 is 6.10 Å². The molecule has 0 aromatic heterocycles. The molecule has 5 aliphatic rings. The zero-order valence-corrected chi connectivity index (χ0v) is 18.9. The second kappa shape index (κ2) is 10.5. The first-order valence-corrected chi connectivity index (χ1v) is 12.3. The molecule has 4 aliphatic heterocycles. The van der Waals surface area contributed by atoms with Crippen LogP contribution in [0.15, 0.2) is 24.3 Å². The second-order valence-electron chi connectivity index (χ2n) is 9.49. The Morgan fingerprint density at radius 3 is 2.66 bits per heavy atom. The number of fused-ring (bicyclic) bond motifs is 5. The third-order valence-electron chi connectivity index (χ3n) is 7.50. The summed E-state index contributed by atoms with van der Waals surface area (Å²) in [5.74, 6) is 1.52. The predicted molar refractivity (Wildman–Crippen MR) is 120 cm³/mol. The average Bonchev–Trinajstić information content (AvgIpc) is 2.86. The summed E-state index contributed by atoms with van der Waals surface area (Å²) < 4.78 is 23.8. The highest BCUT2D eigenvalue weighted by Crippen LogP contribution is 2.38. The van der Waals surface area contributed by atoms with Crippen LogP contribution in [0.3, 0.4) is 0 Å². The molecule has 3 atom stereocenters. The van der Waals surface area contributed by atoms with Gasteiger partial charge in [-0.25, -0.2) is 0 Å². The molecule has 6 rings (SSSR count). The maximum atomic E-state index is 12.8. The summed E-state index contributed by atoms with van der Waals surface area (Å²) in [5, 5.41) is 3.26. The Hall–Kier alpha value is -1.67. The topological polar surface area (TPSA) is 69.3 Å². The van der Waals surface area contributed by atoms with E-state index in [1.807, 2.05) is 0 Å². The first-order chi connectivity index (χ1) is 15.8. The standard InChI is InChI=1S/C25H36N2O5/c28-25(24-17-29-14-15-31-24)26-21-5-3-11-27-12-13-30-23-6-2-1-4-20(23)18-7-9-19(10-8-18)32-16-22(21)27/h1-2,4,6,18-19,21-22,24H,3,5,7-17H2,(H,26,28)/t18?,19?,21-,22-,24-/m0/s1. The fourth-order valence-corrected chi connectivity index (χ4v) is 5.71. The van der Waals surface area contributed by atoms with Gasteiger partial charge in [0.1, 0.15) is 12.4 Å². The van der Waals surface area contributed by atoms with Gasteiger partial charge in [0.05, 0.1) is 38.6 Å². The van der Waals surface area contributed by atoms with Gasteiger partial charge in [-0.2, -0.15) is 0 Å². The molecule has 0 spiro atoms. The summed E-state index contributed by atoms with van der Waals surface area (Å²) in [5.41, 5.74) is 1.35. The number of benzene rings is 1. The van der Waals surface area contributed by atoms with Gasteiger partial charge in [-0.1, -0.05) is 18.2 Å². The van der Waals surface area contributed by atoms with E-state index in [0.717, 1.165) is 57.4 Å². The van der Waals surface area contributed by atoms with Crippen LogP contribution in [0.5, 0.6) is 5.75 Å². The maximum Gasteiger partial charge on any atom is 0.251 e. The lowest BCUT2D eigenvalue weighted by atomic mass is 9.82. The minimum Gasteiger partial charge on any atom is -0.492 e. The van der Waals surface area contributed by atoms with Gasteiger partial charge < -0.3 is 24.3 Å². The third-order valence-corrected chi connectivity index (χ3v) is 7.50. The molecule has 176 valence electrons. The number of para-hydroxylation sites is 1. The molecule has 1 aromatic rings. The number of ether oxygens (including phenoxy) is 4. The number of nitrogens with one attached hydrogen (secondary N) is 1. The highest BCUT2D eigenvalue weighted by Gasteiger charge is 2.36. The zero-order valence-electron chi connectivity index (χ0n) is 18.9. The molecule has 0 radical (unpaired) electrons. The normalized spacial score (nSPS) is 34.1. The minimum absolute atomic E-state index is 0.0514. The van der Waals surface area contributed by atoms with E-state index in [2.05, 4.69) is 34.5 Å². The number of carbonyl (C=O) groups excluding carboxylic acids is 1. The molecule has 2 saturated heterocycles. The van der Waals surface area contributed by atoms with E-state index in [0.29, 0.717) is 45.1 Å². The van der Waals surface area contributed by atoms with Gasteiger partial charge in [0, 0.05) is 12.6 Å². The molecule has 0 unspecified atom stereocenters. The van der Waals surface area contributed by atoms with E-state index in [-0.39, 0.29) is 18.0 Å². The number of rotatable bonds is 2. The summed E-state index contributed by atoms with van der Waals surface area (Å²) in [6, 6.07) is 8.73. The van der Waals surface area contributed by atoms with Crippen LogP contribution in [0.25, 0.3) is 0 Å². The largest absolute Gasteiger partial charge is 0.492 e. The smallest absolute Gasteiger partial charge is 0.251 e. The van der Waals surface area contributed by atoms with E-state index in [9.17, 15) is 4.79 Å². The molecule has 1 amide bonds. The van der Waals surface area contributed by atoms with Crippen LogP contribution in [0.2, 0.25) is 0 Å². The van der Waals surface area contributed by atoms with Crippen LogP contribution in [-0.4, -0.2) is 81.2 Å². The van der Waals surface area contributed by atoms with Crippen molar-refractivity contribution in [2.24, 2.45) is 0 Å². The van der Waals surface area contributed by atoms with Crippen molar-refractivity contribution < 1.29 is 23.7 Å². The summed E-state index contributed by atoms with van der Waals surface area (Å²) in [4.78, 5) is 15.3. The molecule has 2 bridgehead atoms. The number of nitrogens with zero attached hydrogens (tertiary/aromatic N) is 1. The van der Waals surface area contributed by atoms with Gasteiger partial charge >= 0.3 is 0 Å². The Kier molecular flexibility index (Phi) is 7.27. The number of hydrogen-bond acceptors (Lipinski definition) is 6. The lowest BCUT2D eigenvalue weighted by Crippen LogP contribution is -2.60. The predicted octanol–water partition coefficient (Wildman–Crippen LogP) is 2.49. The molecular formula is C25H36N2O5. The maximum absolute atomic E-state index is 12.8. The second-order valence-corrected chi connectivity index (χ2v) is 9.49. The molecular weight excluding hydrogens is 408 g/mol. The summed E-state index contributed by atoms with van der Waals surface area (Å²) >= 11 is 0. The van der Waals surface area contributed by atoms with E-state index in [1.165, 1.54) is 5.56 Å². The third kappa shape index (κ3) is 5.11. The van der Waals surface area contributed by atoms with Crippen molar-refractivity contribution in [3.05, 3.63) is 29.8 Å². The molecule has 4 heterocycles.